The molecule has 0 aliphatic heterocycles. The molecule has 0 saturated heterocycles. The number of ether oxygens (including phenoxy) is 2. The molecule has 350 valence electrons. The zero-order valence-corrected chi connectivity index (χ0v) is 41.7. The van der Waals surface area contributed by atoms with Gasteiger partial charge in [-0.1, -0.05) is 286 Å². The topological polar surface area (TPSA) is 18.5 Å². The van der Waals surface area contributed by atoms with E-state index in [-0.39, 0.29) is 6.29 Å². The van der Waals surface area contributed by atoms with Crippen molar-refractivity contribution in [3.05, 3.63) is 0 Å². The fraction of sp³-hybridized carbons (Fsp3) is 1.00. The Labute approximate surface area is 369 Å². The van der Waals surface area contributed by atoms with Crippen molar-refractivity contribution in [1.29, 1.82) is 0 Å². The molecule has 0 rings (SSSR count). The van der Waals surface area contributed by atoms with Crippen LogP contribution >= 0.6 is 0 Å². The second kappa shape index (κ2) is 49.6. The molecule has 3 atom stereocenters. The molecule has 3 unspecified atom stereocenters. The van der Waals surface area contributed by atoms with Crippen LogP contribution in [0.5, 0.6) is 0 Å². The van der Waals surface area contributed by atoms with Crippen LogP contribution in [0, 0.1) is 17.8 Å². The Morgan fingerprint density at radius 3 is 0.690 bits per heavy atom. The van der Waals surface area contributed by atoms with Crippen molar-refractivity contribution in [2.45, 2.75) is 330 Å². The average Bonchev–Trinajstić information content (AvgIpc) is 3.23. The van der Waals surface area contributed by atoms with Crippen LogP contribution in [0.25, 0.3) is 0 Å². The van der Waals surface area contributed by atoms with Crippen molar-refractivity contribution >= 4 is 0 Å². The van der Waals surface area contributed by atoms with E-state index in [2.05, 4.69) is 41.5 Å². The normalized spacial score (nSPS) is 14.0. The van der Waals surface area contributed by atoms with Gasteiger partial charge in [0.1, 0.15) is 0 Å². The zero-order valence-electron chi connectivity index (χ0n) is 41.7. The highest BCUT2D eigenvalue weighted by molar-refractivity contribution is 4.68. The lowest BCUT2D eigenvalue weighted by molar-refractivity contribution is -0.188. The maximum atomic E-state index is 7.04. The van der Waals surface area contributed by atoms with Gasteiger partial charge in [0.25, 0.3) is 0 Å². The van der Waals surface area contributed by atoms with Crippen molar-refractivity contribution in [3.8, 4) is 0 Å². The molecule has 0 aliphatic rings. The monoisotopic (exact) mass is 819 g/mol. The molecule has 0 amide bonds. The van der Waals surface area contributed by atoms with E-state index < -0.39 is 0 Å². The van der Waals surface area contributed by atoms with E-state index in [1.165, 1.54) is 283 Å². The van der Waals surface area contributed by atoms with Gasteiger partial charge in [-0.25, -0.2) is 0 Å². The summed E-state index contributed by atoms with van der Waals surface area (Å²) in [4.78, 5) is 0. The first kappa shape index (κ1) is 57.9. The van der Waals surface area contributed by atoms with Crippen LogP contribution < -0.4 is 0 Å². The molecular weight excluding hydrogens is 705 g/mol. The van der Waals surface area contributed by atoms with E-state index in [0.717, 1.165) is 13.2 Å². The molecule has 0 aromatic rings. The summed E-state index contributed by atoms with van der Waals surface area (Å²) in [5.41, 5.74) is 0. The highest BCUT2D eigenvalue weighted by Gasteiger charge is 2.24. The van der Waals surface area contributed by atoms with E-state index in [4.69, 9.17) is 9.47 Å². The third-order valence-electron chi connectivity index (χ3n) is 13.7. The summed E-state index contributed by atoms with van der Waals surface area (Å²) in [7, 11) is 0. The Bertz CT molecular complexity index is 669. The van der Waals surface area contributed by atoms with Gasteiger partial charge in [-0.05, 0) is 50.4 Å². The predicted octanol–water partition coefficient (Wildman–Crippen LogP) is 20.5. The molecule has 0 aliphatic carbocycles. The minimum absolute atomic E-state index is 0.0147. The lowest BCUT2D eigenvalue weighted by Crippen LogP contribution is -2.31. The number of rotatable bonds is 51. The Kier molecular flexibility index (Phi) is 49.5. The SMILES string of the molecule is CCCCCCCCCCCCC(CCCCCCCCCC)COC(OCC(CCCCCCCCCC)CCCCCCCCCCCC)C(CC)CCCC. The lowest BCUT2D eigenvalue weighted by atomic mass is 9.93. The molecule has 0 aromatic carbocycles. The summed E-state index contributed by atoms with van der Waals surface area (Å²) in [6, 6.07) is 0. The molecule has 0 fully saturated rings. The van der Waals surface area contributed by atoms with E-state index in [1.807, 2.05) is 0 Å². The highest BCUT2D eigenvalue weighted by atomic mass is 16.7. The van der Waals surface area contributed by atoms with Crippen LogP contribution in [0.3, 0.4) is 0 Å². The van der Waals surface area contributed by atoms with Gasteiger partial charge >= 0.3 is 0 Å². The Morgan fingerprint density at radius 2 is 0.466 bits per heavy atom. The van der Waals surface area contributed by atoms with E-state index >= 15 is 0 Å². The first-order valence-corrected chi connectivity index (χ1v) is 27.9. The average molecular weight is 820 g/mol. The predicted molar refractivity (Wildman–Crippen MR) is 263 cm³/mol. The Hall–Kier alpha value is -0.0800. The number of hydrogen-bond donors (Lipinski definition) is 0. The third-order valence-corrected chi connectivity index (χ3v) is 13.7. The van der Waals surface area contributed by atoms with Crippen LogP contribution in [0.15, 0.2) is 0 Å². The Morgan fingerprint density at radius 1 is 0.241 bits per heavy atom. The largest absolute Gasteiger partial charge is 0.352 e. The number of hydrogen-bond acceptors (Lipinski definition) is 2. The van der Waals surface area contributed by atoms with Crippen molar-refractivity contribution in [2.24, 2.45) is 17.8 Å². The summed E-state index contributed by atoms with van der Waals surface area (Å²) in [6.45, 7) is 15.9. The fourth-order valence-corrected chi connectivity index (χ4v) is 9.38. The van der Waals surface area contributed by atoms with Crippen molar-refractivity contribution in [2.75, 3.05) is 13.2 Å². The maximum absolute atomic E-state index is 7.04. The van der Waals surface area contributed by atoms with Gasteiger partial charge in [0, 0.05) is 5.92 Å². The smallest absolute Gasteiger partial charge is 0.160 e. The molecule has 0 saturated carbocycles. The molecule has 0 spiro atoms. The van der Waals surface area contributed by atoms with Crippen LogP contribution in [0.4, 0.5) is 0 Å². The summed E-state index contributed by atoms with van der Waals surface area (Å²) in [6.07, 6.45) is 61.4. The first-order chi connectivity index (χ1) is 28.7. The molecule has 0 aromatic heterocycles. The van der Waals surface area contributed by atoms with Crippen LogP contribution in [-0.4, -0.2) is 19.5 Å². The van der Waals surface area contributed by atoms with E-state index in [0.29, 0.717) is 17.8 Å². The van der Waals surface area contributed by atoms with E-state index in [9.17, 15) is 0 Å². The van der Waals surface area contributed by atoms with Gasteiger partial charge in [-0.2, -0.15) is 0 Å². The van der Waals surface area contributed by atoms with Crippen LogP contribution in [0.2, 0.25) is 0 Å². The number of unbranched alkanes of at least 4 members (excludes halogenated alkanes) is 33. The van der Waals surface area contributed by atoms with Crippen LogP contribution in [0.1, 0.15) is 324 Å². The maximum Gasteiger partial charge on any atom is 0.160 e. The standard InChI is InChI=1S/C56H114O2/c1-7-13-18-22-26-30-32-36-40-44-48-53(46-42-38-34-28-24-20-15-9-3)51-57-56(55(12-6)50-17-11-5)58-52-54(47-43-39-35-29-25-21-16-10-4)49-45-41-37-33-31-27-23-19-14-8-2/h53-56H,7-52H2,1-6H3. The summed E-state index contributed by atoms with van der Waals surface area (Å²) >= 11 is 0. The summed E-state index contributed by atoms with van der Waals surface area (Å²) in [5.74, 6) is 1.93. The molecule has 2 nitrogen and oxygen atoms in total. The van der Waals surface area contributed by atoms with Gasteiger partial charge in [-0.3, -0.25) is 0 Å². The van der Waals surface area contributed by atoms with Crippen molar-refractivity contribution in [3.63, 3.8) is 0 Å². The molecule has 2 heteroatoms. The Balaban J connectivity index is 5.30. The zero-order chi connectivity index (χ0) is 42.3. The highest BCUT2D eigenvalue weighted by Crippen LogP contribution is 2.28. The molecule has 0 heterocycles. The molecule has 0 bridgehead atoms. The van der Waals surface area contributed by atoms with E-state index in [1.54, 1.807) is 0 Å². The van der Waals surface area contributed by atoms with Gasteiger partial charge in [0.05, 0.1) is 13.2 Å². The fourth-order valence-electron chi connectivity index (χ4n) is 9.38. The molecule has 58 heavy (non-hydrogen) atoms. The van der Waals surface area contributed by atoms with Crippen molar-refractivity contribution in [1.82, 2.24) is 0 Å². The van der Waals surface area contributed by atoms with Gasteiger partial charge in [0.2, 0.25) is 0 Å². The molecule has 0 radical (unpaired) electrons. The molecular formula is C56H114O2. The second-order valence-electron chi connectivity index (χ2n) is 19.5. The lowest BCUT2D eigenvalue weighted by Gasteiger charge is -2.30. The van der Waals surface area contributed by atoms with Crippen LogP contribution in [-0.2, 0) is 9.47 Å². The quantitative estimate of drug-likeness (QED) is 0.0450. The minimum Gasteiger partial charge on any atom is -0.352 e. The summed E-state index contributed by atoms with van der Waals surface area (Å²) < 4.78 is 14.1. The third kappa shape index (κ3) is 41.3. The van der Waals surface area contributed by atoms with Gasteiger partial charge < -0.3 is 9.47 Å². The first-order valence-electron chi connectivity index (χ1n) is 27.9. The van der Waals surface area contributed by atoms with Crippen molar-refractivity contribution < 1.29 is 9.47 Å². The van der Waals surface area contributed by atoms with Gasteiger partial charge in [0.15, 0.2) is 6.29 Å². The van der Waals surface area contributed by atoms with Gasteiger partial charge in [-0.15, -0.1) is 0 Å². The minimum atomic E-state index is -0.0147. The summed E-state index contributed by atoms with van der Waals surface area (Å²) in [5, 5.41) is 0. The second-order valence-corrected chi connectivity index (χ2v) is 19.5. The molecule has 0 N–H and O–H groups in total.